The molecule has 0 bridgehead atoms. The molecule has 2 aliphatic rings. The average molecular weight is 374 g/mol. The van der Waals surface area contributed by atoms with E-state index in [0.717, 1.165) is 25.7 Å². The molecule has 1 unspecified atom stereocenters. The van der Waals surface area contributed by atoms with Gasteiger partial charge in [0, 0.05) is 12.1 Å². The molecule has 3 N–H and O–H groups in total. The van der Waals surface area contributed by atoms with Gasteiger partial charge in [-0.3, -0.25) is 4.79 Å². The van der Waals surface area contributed by atoms with Gasteiger partial charge in [0.05, 0.1) is 11.5 Å². The molecule has 1 heterocycles. The molecule has 2 atom stereocenters. The molecule has 0 radical (unpaired) electrons. The fourth-order valence-electron chi connectivity index (χ4n) is 3.53. The van der Waals surface area contributed by atoms with Gasteiger partial charge in [0.1, 0.15) is 6.04 Å². The van der Waals surface area contributed by atoms with Crippen LogP contribution in [0.4, 0.5) is 4.79 Å². The molecule has 3 amide bonds. The SMILES string of the molecule is CC(C)[C@@H](NC(=O)NC1CCS(=O)(=O)C1)C(=O)NC1CCCCCC1. The number of nitrogens with one attached hydrogen (secondary N) is 3. The number of carbonyl (C=O) groups excluding carboxylic acids is 2. The van der Waals surface area contributed by atoms with Crippen LogP contribution >= 0.6 is 0 Å². The fourth-order valence-corrected chi connectivity index (χ4v) is 5.20. The molecule has 1 aliphatic heterocycles. The summed E-state index contributed by atoms with van der Waals surface area (Å²) in [5.74, 6) is -0.130. The van der Waals surface area contributed by atoms with E-state index in [-0.39, 0.29) is 35.4 Å². The Bertz CT molecular complexity index is 568. The molecule has 25 heavy (non-hydrogen) atoms. The first-order valence-electron chi connectivity index (χ1n) is 9.34. The van der Waals surface area contributed by atoms with E-state index in [1.54, 1.807) is 0 Å². The van der Waals surface area contributed by atoms with E-state index in [4.69, 9.17) is 0 Å². The van der Waals surface area contributed by atoms with Crippen LogP contribution in [0.5, 0.6) is 0 Å². The molecule has 1 saturated heterocycles. The first-order chi connectivity index (χ1) is 11.8. The lowest BCUT2D eigenvalue weighted by Crippen LogP contribution is -2.55. The monoisotopic (exact) mass is 373 g/mol. The number of carbonyl (C=O) groups is 2. The van der Waals surface area contributed by atoms with Gasteiger partial charge in [-0.2, -0.15) is 0 Å². The van der Waals surface area contributed by atoms with E-state index >= 15 is 0 Å². The van der Waals surface area contributed by atoms with Gasteiger partial charge in [0.15, 0.2) is 9.84 Å². The zero-order valence-corrected chi connectivity index (χ0v) is 16.0. The van der Waals surface area contributed by atoms with Crippen LogP contribution in [0.25, 0.3) is 0 Å². The van der Waals surface area contributed by atoms with Crippen molar-refractivity contribution in [3.8, 4) is 0 Å². The lowest BCUT2D eigenvalue weighted by Gasteiger charge is -2.25. The minimum absolute atomic E-state index is 0.0268. The Morgan fingerprint density at radius 3 is 2.08 bits per heavy atom. The number of amides is 3. The molecule has 2 rings (SSSR count). The smallest absolute Gasteiger partial charge is 0.315 e. The van der Waals surface area contributed by atoms with E-state index in [9.17, 15) is 18.0 Å². The largest absolute Gasteiger partial charge is 0.352 e. The highest BCUT2D eigenvalue weighted by molar-refractivity contribution is 7.91. The molecule has 1 saturated carbocycles. The maximum Gasteiger partial charge on any atom is 0.315 e. The van der Waals surface area contributed by atoms with Gasteiger partial charge in [-0.1, -0.05) is 39.5 Å². The first kappa shape index (κ1) is 20.0. The van der Waals surface area contributed by atoms with Gasteiger partial charge in [-0.25, -0.2) is 13.2 Å². The number of sulfone groups is 1. The van der Waals surface area contributed by atoms with E-state index in [2.05, 4.69) is 16.0 Å². The predicted octanol–water partition coefficient (Wildman–Crippen LogP) is 1.34. The van der Waals surface area contributed by atoms with Crippen molar-refractivity contribution < 1.29 is 18.0 Å². The molecular weight excluding hydrogens is 342 g/mol. The fraction of sp³-hybridized carbons (Fsp3) is 0.882. The van der Waals surface area contributed by atoms with Gasteiger partial charge >= 0.3 is 6.03 Å². The number of urea groups is 1. The van der Waals surface area contributed by atoms with Crippen molar-refractivity contribution in [2.75, 3.05) is 11.5 Å². The topological polar surface area (TPSA) is 104 Å². The maximum atomic E-state index is 12.6. The van der Waals surface area contributed by atoms with Crippen LogP contribution in [0.2, 0.25) is 0 Å². The van der Waals surface area contributed by atoms with Crippen molar-refractivity contribution in [3.63, 3.8) is 0 Å². The highest BCUT2D eigenvalue weighted by atomic mass is 32.2. The molecule has 7 nitrogen and oxygen atoms in total. The standard InChI is InChI=1S/C17H31N3O4S/c1-12(2)15(16(21)18-13-7-5-3-4-6-8-13)20-17(22)19-14-9-10-25(23,24)11-14/h12-15H,3-11H2,1-2H3,(H,18,21)(H2,19,20,22)/t14?,15-/m1/s1. The number of rotatable bonds is 5. The molecule has 0 aromatic rings. The van der Waals surface area contributed by atoms with Crippen molar-refractivity contribution in [2.45, 2.75) is 76.9 Å². The van der Waals surface area contributed by atoms with Gasteiger partial charge < -0.3 is 16.0 Å². The summed E-state index contributed by atoms with van der Waals surface area (Å²) < 4.78 is 22.9. The molecule has 1 aliphatic carbocycles. The van der Waals surface area contributed by atoms with E-state index in [0.29, 0.717) is 6.42 Å². The van der Waals surface area contributed by atoms with E-state index in [1.807, 2.05) is 13.8 Å². The minimum atomic E-state index is -3.05. The van der Waals surface area contributed by atoms with Crippen molar-refractivity contribution in [1.82, 2.24) is 16.0 Å². The number of hydrogen-bond donors (Lipinski definition) is 3. The lowest BCUT2D eigenvalue weighted by atomic mass is 10.0. The quantitative estimate of drug-likeness (QED) is 0.633. The second-order valence-electron chi connectivity index (χ2n) is 7.64. The molecule has 0 aromatic heterocycles. The lowest BCUT2D eigenvalue weighted by molar-refractivity contribution is -0.124. The Hall–Kier alpha value is -1.31. The van der Waals surface area contributed by atoms with Crippen LogP contribution in [0.3, 0.4) is 0 Å². The van der Waals surface area contributed by atoms with Gasteiger partial charge in [-0.15, -0.1) is 0 Å². The average Bonchev–Trinajstić information content (AvgIpc) is 2.72. The summed E-state index contributed by atoms with van der Waals surface area (Å²) in [6.07, 6.45) is 7.08. The summed E-state index contributed by atoms with van der Waals surface area (Å²) in [5, 5.41) is 8.47. The molecule has 0 aromatic carbocycles. The van der Waals surface area contributed by atoms with Crippen molar-refractivity contribution in [1.29, 1.82) is 0 Å². The van der Waals surface area contributed by atoms with Crippen molar-refractivity contribution in [3.05, 3.63) is 0 Å². The normalized spacial score (nSPS) is 25.2. The second-order valence-corrected chi connectivity index (χ2v) is 9.87. The molecule has 2 fully saturated rings. The zero-order chi connectivity index (χ0) is 18.4. The third-order valence-corrected chi connectivity index (χ3v) is 6.77. The summed E-state index contributed by atoms with van der Waals surface area (Å²) >= 11 is 0. The Labute approximate surface area is 150 Å². The van der Waals surface area contributed by atoms with Crippen LogP contribution in [0.15, 0.2) is 0 Å². The van der Waals surface area contributed by atoms with Crippen molar-refractivity contribution >= 4 is 21.8 Å². The van der Waals surface area contributed by atoms with Crippen LogP contribution in [-0.2, 0) is 14.6 Å². The van der Waals surface area contributed by atoms with Crippen LogP contribution in [0, 0.1) is 5.92 Å². The summed E-state index contributed by atoms with van der Waals surface area (Å²) in [7, 11) is -3.05. The third kappa shape index (κ3) is 6.49. The highest BCUT2D eigenvalue weighted by Crippen LogP contribution is 2.17. The Kier molecular flexibility index (Phi) is 7.10. The summed E-state index contributed by atoms with van der Waals surface area (Å²) in [6, 6.07) is -1.29. The molecular formula is C17H31N3O4S. The van der Waals surface area contributed by atoms with Crippen molar-refractivity contribution in [2.24, 2.45) is 5.92 Å². The third-order valence-electron chi connectivity index (χ3n) is 5.00. The zero-order valence-electron chi connectivity index (χ0n) is 15.2. The highest BCUT2D eigenvalue weighted by Gasteiger charge is 2.31. The summed E-state index contributed by atoms with van der Waals surface area (Å²) in [5.41, 5.74) is 0. The Morgan fingerprint density at radius 1 is 0.920 bits per heavy atom. The predicted molar refractivity (Wildman–Crippen MR) is 97.0 cm³/mol. The van der Waals surface area contributed by atoms with E-state index in [1.165, 1.54) is 12.8 Å². The molecule has 8 heteroatoms. The first-order valence-corrected chi connectivity index (χ1v) is 11.2. The van der Waals surface area contributed by atoms with Gasteiger partial charge in [0.2, 0.25) is 5.91 Å². The van der Waals surface area contributed by atoms with Crippen LogP contribution in [-0.4, -0.2) is 50.0 Å². The summed E-state index contributed by atoms with van der Waals surface area (Å²) in [6.45, 7) is 3.77. The van der Waals surface area contributed by atoms with Crippen LogP contribution < -0.4 is 16.0 Å². The molecule has 144 valence electrons. The number of hydrogen-bond acceptors (Lipinski definition) is 4. The summed E-state index contributed by atoms with van der Waals surface area (Å²) in [4.78, 5) is 24.8. The second kappa shape index (κ2) is 8.87. The van der Waals surface area contributed by atoms with Crippen LogP contribution in [0.1, 0.15) is 58.8 Å². The van der Waals surface area contributed by atoms with E-state index < -0.39 is 21.9 Å². The Balaban J connectivity index is 1.86. The maximum absolute atomic E-state index is 12.6. The van der Waals surface area contributed by atoms with Gasteiger partial charge in [0.25, 0.3) is 0 Å². The van der Waals surface area contributed by atoms with Gasteiger partial charge in [-0.05, 0) is 25.2 Å². The Morgan fingerprint density at radius 2 is 1.56 bits per heavy atom. The minimum Gasteiger partial charge on any atom is -0.352 e. The molecule has 0 spiro atoms.